The number of benzene rings is 3. The summed E-state index contributed by atoms with van der Waals surface area (Å²) in [4.78, 5) is 0. The van der Waals surface area contributed by atoms with Crippen molar-refractivity contribution < 1.29 is 23.7 Å². The van der Waals surface area contributed by atoms with Crippen molar-refractivity contribution in [3.05, 3.63) is 108 Å². The maximum Gasteiger partial charge on any atom is 0.115 e. The van der Waals surface area contributed by atoms with Crippen LogP contribution in [0.15, 0.2) is 91.0 Å². The van der Waals surface area contributed by atoms with E-state index in [9.17, 15) is 0 Å². The van der Waals surface area contributed by atoms with Crippen LogP contribution in [-0.4, -0.2) is 44.2 Å². The van der Waals surface area contributed by atoms with Gasteiger partial charge in [0.1, 0.15) is 18.3 Å². The average molecular weight is 477 g/mol. The van der Waals surface area contributed by atoms with Gasteiger partial charge < -0.3 is 23.7 Å². The summed E-state index contributed by atoms with van der Waals surface area (Å²) in [6.07, 6.45) is -0.202. The summed E-state index contributed by atoms with van der Waals surface area (Å²) in [6.45, 7) is 5.22. The first-order valence-corrected chi connectivity index (χ1v) is 12.5. The van der Waals surface area contributed by atoms with Crippen LogP contribution in [-0.2, 0) is 43.5 Å². The lowest BCUT2D eigenvalue weighted by Crippen LogP contribution is -2.56. The molecule has 186 valence electrons. The minimum atomic E-state index is -0.283. The Balaban J connectivity index is 1.51. The lowest BCUT2D eigenvalue weighted by molar-refractivity contribution is -0.240. The first kappa shape index (κ1) is 25.5. The number of rotatable bonds is 13. The van der Waals surface area contributed by atoms with Crippen LogP contribution in [0, 0.1) is 0 Å². The number of ether oxygens (including phenoxy) is 5. The van der Waals surface area contributed by atoms with Gasteiger partial charge in [-0.2, -0.15) is 0 Å². The van der Waals surface area contributed by atoms with Crippen molar-refractivity contribution in [3.63, 3.8) is 0 Å². The fourth-order valence-corrected chi connectivity index (χ4v) is 4.28. The van der Waals surface area contributed by atoms with Gasteiger partial charge in [0, 0.05) is 13.2 Å². The summed E-state index contributed by atoms with van der Waals surface area (Å²) in [7, 11) is 0. The monoisotopic (exact) mass is 476 g/mol. The van der Waals surface area contributed by atoms with Gasteiger partial charge in [-0.15, -0.1) is 0 Å². The maximum atomic E-state index is 6.54. The summed E-state index contributed by atoms with van der Waals surface area (Å²) in [5.74, 6) is 0. The molecule has 0 spiro atoms. The van der Waals surface area contributed by atoms with Crippen molar-refractivity contribution >= 4 is 0 Å². The third kappa shape index (κ3) is 7.99. The Labute approximate surface area is 208 Å². The third-order valence-corrected chi connectivity index (χ3v) is 6.16. The van der Waals surface area contributed by atoms with Gasteiger partial charge in [-0.3, -0.25) is 0 Å². The summed E-state index contributed by atoms with van der Waals surface area (Å²) < 4.78 is 31.3. The highest BCUT2D eigenvalue weighted by Crippen LogP contribution is 2.28. The molecule has 0 radical (unpaired) electrons. The Bertz CT molecular complexity index is 950. The van der Waals surface area contributed by atoms with Crippen molar-refractivity contribution in [2.45, 2.75) is 57.6 Å². The van der Waals surface area contributed by atoms with E-state index >= 15 is 0 Å². The highest BCUT2D eigenvalue weighted by atomic mass is 16.6. The van der Waals surface area contributed by atoms with Crippen LogP contribution in [0.3, 0.4) is 0 Å². The van der Waals surface area contributed by atoms with Crippen LogP contribution in [0.25, 0.3) is 0 Å². The summed E-state index contributed by atoms with van der Waals surface area (Å²) in [5, 5.41) is 0. The van der Waals surface area contributed by atoms with E-state index in [0.29, 0.717) is 39.6 Å². The van der Waals surface area contributed by atoms with Crippen LogP contribution in [0.1, 0.15) is 30.0 Å². The second-order valence-electron chi connectivity index (χ2n) is 8.71. The topological polar surface area (TPSA) is 46.2 Å². The molecule has 5 nitrogen and oxygen atoms in total. The molecule has 5 heteroatoms. The molecule has 0 amide bonds. The van der Waals surface area contributed by atoms with Gasteiger partial charge in [-0.25, -0.2) is 0 Å². The standard InChI is InChI=1S/C30H36O5/c1-2-31-19-18-27-29(34-21-25-14-8-4-9-15-25)30(35-22-26-16-10-5-11-17-26)28(23-33-27)32-20-24-12-6-3-7-13-24/h3-17,27-30H,2,18-23H2,1H3. The van der Waals surface area contributed by atoms with E-state index in [1.165, 1.54) is 0 Å². The molecule has 0 bridgehead atoms. The minimum absolute atomic E-state index is 0.136. The molecule has 3 aromatic rings. The molecular formula is C30H36O5. The fraction of sp³-hybridized carbons (Fsp3) is 0.400. The van der Waals surface area contributed by atoms with E-state index in [1.54, 1.807) is 0 Å². The molecule has 1 fully saturated rings. The summed E-state index contributed by atoms with van der Waals surface area (Å²) in [5.41, 5.74) is 3.35. The molecule has 0 aliphatic carbocycles. The number of hydrogen-bond acceptors (Lipinski definition) is 5. The molecule has 0 aromatic heterocycles. The van der Waals surface area contributed by atoms with E-state index in [2.05, 4.69) is 36.4 Å². The minimum Gasteiger partial charge on any atom is -0.382 e. The fourth-order valence-electron chi connectivity index (χ4n) is 4.28. The van der Waals surface area contributed by atoms with Crippen molar-refractivity contribution in [1.82, 2.24) is 0 Å². The Morgan fingerprint density at radius 1 is 0.657 bits per heavy atom. The predicted octanol–water partition coefficient (Wildman–Crippen LogP) is 5.57. The largest absolute Gasteiger partial charge is 0.382 e. The average Bonchev–Trinajstić information content (AvgIpc) is 2.92. The zero-order valence-corrected chi connectivity index (χ0v) is 20.5. The third-order valence-electron chi connectivity index (χ3n) is 6.16. The van der Waals surface area contributed by atoms with Crippen LogP contribution in [0.2, 0.25) is 0 Å². The van der Waals surface area contributed by atoms with E-state index in [-0.39, 0.29) is 24.4 Å². The van der Waals surface area contributed by atoms with Gasteiger partial charge in [0.15, 0.2) is 0 Å². The van der Waals surface area contributed by atoms with Gasteiger partial charge in [-0.1, -0.05) is 91.0 Å². The second kappa shape index (κ2) is 14.1. The van der Waals surface area contributed by atoms with Crippen LogP contribution in [0.4, 0.5) is 0 Å². The molecule has 35 heavy (non-hydrogen) atoms. The molecule has 4 rings (SSSR count). The molecule has 4 atom stereocenters. The lowest BCUT2D eigenvalue weighted by Gasteiger charge is -2.42. The first-order valence-electron chi connectivity index (χ1n) is 12.5. The molecule has 0 N–H and O–H groups in total. The predicted molar refractivity (Wildman–Crippen MR) is 136 cm³/mol. The molecule has 4 unspecified atom stereocenters. The second-order valence-corrected chi connectivity index (χ2v) is 8.71. The summed E-state index contributed by atoms with van der Waals surface area (Å²) in [6, 6.07) is 30.6. The Hall–Kier alpha value is -2.54. The Morgan fingerprint density at radius 2 is 1.14 bits per heavy atom. The first-order chi connectivity index (χ1) is 17.3. The summed E-state index contributed by atoms with van der Waals surface area (Å²) >= 11 is 0. The normalized spacial score (nSPS) is 22.2. The van der Waals surface area contributed by atoms with Crippen LogP contribution in [0.5, 0.6) is 0 Å². The van der Waals surface area contributed by atoms with E-state index in [0.717, 1.165) is 23.1 Å². The zero-order valence-electron chi connectivity index (χ0n) is 20.5. The van der Waals surface area contributed by atoms with Gasteiger partial charge >= 0.3 is 0 Å². The highest BCUT2D eigenvalue weighted by Gasteiger charge is 2.42. The maximum absolute atomic E-state index is 6.54. The van der Waals surface area contributed by atoms with Gasteiger partial charge in [0.05, 0.1) is 32.5 Å². The van der Waals surface area contributed by atoms with Crippen molar-refractivity contribution in [1.29, 1.82) is 0 Å². The van der Waals surface area contributed by atoms with Crippen molar-refractivity contribution in [2.24, 2.45) is 0 Å². The van der Waals surface area contributed by atoms with Crippen LogP contribution >= 0.6 is 0 Å². The lowest BCUT2D eigenvalue weighted by atomic mass is 9.97. The van der Waals surface area contributed by atoms with E-state index in [4.69, 9.17) is 23.7 Å². The molecule has 1 heterocycles. The van der Waals surface area contributed by atoms with Crippen molar-refractivity contribution in [3.8, 4) is 0 Å². The molecule has 1 aliphatic rings. The van der Waals surface area contributed by atoms with Gasteiger partial charge in [0.2, 0.25) is 0 Å². The molecule has 3 aromatic carbocycles. The van der Waals surface area contributed by atoms with E-state index < -0.39 is 0 Å². The molecule has 1 saturated heterocycles. The molecular weight excluding hydrogens is 440 g/mol. The number of hydrogen-bond donors (Lipinski definition) is 0. The van der Waals surface area contributed by atoms with Crippen LogP contribution < -0.4 is 0 Å². The molecule has 0 saturated carbocycles. The highest BCUT2D eigenvalue weighted by molar-refractivity contribution is 5.15. The Morgan fingerprint density at radius 3 is 1.66 bits per heavy atom. The molecule has 1 aliphatic heterocycles. The van der Waals surface area contributed by atoms with Crippen molar-refractivity contribution in [2.75, 3.05) is 19.8 Å². The van der Waals surface area contributed by atoms with E-state index in [1.807, 2.05) is 61.5 Å². The quantitative estimate of drug-likeness (QED) is 0.302. The SMILES string of the molecule is CCOCCC1OCC(OCc2ccccc2)C(OCc2ccccc2)C1OCc1ccccc1. The smallest absolute Gasteiger partial charge is 0.115 e. The van der Waals surface area contributed by atoms with Gasteiger partial charge in [0.25, 0.3) is 0 Å². The zero-order chi connectivity index (χ0) is 24.1. The van der Waals surface area contributed by atoms with Gasteiger partial charge in [-0.05, 0) is 30.0 Å². The Kier molecular flexibility index (Phi) is 10.3.